The number of aromatic nitrogens is 3. The third-order valence-corrected chi connectivity index (χ3v) is 4.71. The summed E-state index contributed by atoms with van der Waals surface area (Å²) < 4.78 is 5.19. The lowest BCUT2D eigenvalue weighted by Crippen LogP contribution is -2.39. The number of H-pyrrole nitrogens is 1. The molecule has 0 spiro atoms. The van der Waals surface area contributed by atoms with Gasteiger partial charge in [-0.25, -0.2) is 9.78 Å². The summed E-state index contributed by atoms with van der Waals surface area (Å²) in [6, 6.07) is 7.29. The number of carbonyl (C=O) groups is 2. The predicted octanol–water partition coefficient (Wildman–Crippen LogP) is 0.793. The van der Waals surface area contributed by atoms with Crippen LogP contribution in [0.4, 0.5) is 4.79 Å². The maximum Gasteiger partial charge on any atom is 0.317 e. The Bertz CT molecular complexity index is 821. The highest BCUT2D eigenvalue weighted by Gasteiger charge is 2.42. The van der Waals surface area contributed by atoms with Crippen molar-refractivity contribution in [3.63, 3.8) is 0 Å². The van der Waals surface area contributed by atoms with Gasteiger partial charge in [0.05, 0.1) is 18.9 Å². The number of methoxy groups -OCH3 is 1. The van der Waals surface area contributed by atoms with Crippen molar-refractivity contribution in [2.24, 2.45) is 5.92 Å². The summed E-state index contributed by atoms with van der Waals surface area (Å²) >= 11 is 0. The maximum absolute atomic E-state index is 12.6. The lowest BCUT2D eigenvalue weighted by atomic mass is 9.94. The van der Waals surface area contributed by atoms with E-state index in [0.29, 0.717) is 31.3 Å². The average molecular weight is 372 g/mol. The number of hydrogen-bond acceptors (Lipinski definition) is 5. The standard InChI is InChI=1S/C18H24N6O3/c1-11-21-16(23-22-11)14-9-24(10-15(14)17(25)19-2)18(26)20-8-12-5-4-6-13(7-12)27-3/h4-7,14-15H,8-10H2,1-3H3,(H,19,25)(H,20,26)(H,21,22,23). The van der Waals surface area contributed by atoms with Crippen LogP contribution in [0, 0.1) is 12.8 Å². The fourth-order valence-corrected chi connectivity index (χ4v) is 3.28. The smallest absolute Gasteiger partial charge is 0.317 e. The topological polar surface area (TPSA) is 112 Å². The number of nitrogens with one attached hydrogen (secondary N) is 3. The molecule has 1 aromatic carbocycles. The van der Waals surface area contributed by atoms with Crippen molar-refractivity contribution in [1.29, 1.82) is 0 Å². The number of aromatic amines is 1. The number of rotatable bonds is 5. The Morgan fingerprint density at radius 1 is 1.37 bits per heavy atom. The first-order valence-electron chi connectivity index (χ1n) is 8.78. The summed E-state index contributed by atoms with van der Waals surface area (Å²) in [6.07, 6.45) is 0. The number of carbonyl (C=O) groups excluding carboxylic acids is 2. The highest BCUT2D eigenvalue weighted by molar-refractivity contribution is 5.82. The molecular formula is C18H24N6O3. The Morgan fingerprint density at radius 3 is 2.85 bits per heavy atom. The molecule has 0 radical (unpaired) electrons. The molecule has 3 N–H and O–H groups in total. The number of ether oxygens (including phenoxy) is 1. The van der Waals surface area contributed by atoms with Crippen molar-refractivity contribution >= 4 is 11.9 Å². The molecule has 0 aliphatic carbocycles. The van der Waals surface area contributed by atoms with Gasteiger partial charge in [0, 0.05) is 26.7 Å². The number of benzene rings is 1. The van der Waals surface area contributed by atoms with Gasteiger partial charge in [0.1, 0.15) is 11.6 Å². The van der Waals surface area contributed by atoms with Gasteiger partial charge in [-0.15, -0.1) is 0 Å². The molecule has 1 aliphatic rings. The van der Waals surface area contributed by atoms with E-state index >= 15 is 0 Å². The number of likely N-dealkylation sites (tertiary alicyclic amines) is 1. The van der Waals surface area contributed by atoms with Gasteiger partial charge in [-0.2, -0.15) is 5.10 Å². The van der Waals surface area contributed by atoms with Crippen LogP contribution in [0.1, 0.15) is 23.1 Å². The molecule has 1 saturated heterocycles. The average Bonchev–Trinajstić information content (AvgIpc) is 3.32. The SMILES string of the molecule is CNC(=O)C1CN(C(=O)NCc2cccc(OC)c2)CC1c1n[nH]c(C)n1. The van der Waals surface area contributed by atoms with Crippen LogP contribution >= 0.6 is 0 Å². The summed E-state index contributed by atoms with van der Waals surface area (Å²) in [5, 5.41) is 12.5. The molecule has 1 aromatic heterocycles. The van der Waals surface area contributed by atoms with Crippen molar-refractivity contribution in [3.8, 4) is 5.75 Å². The van der Waals surface area contributed by atoms with E-state index in [1.54, 1.807) is 26.0 Å². The van der Waals surface area contributed by atoms with Gasteiger partial charge in [-0.05, 0) is 24.6 Å². The lowest BCUT2D eigenvalue weighted by molar-refractivity contribution is -0.124. The van der Waals surface area contributed by atoms with Crippen LogP contribution in [0.2, 0.25) is 0 Å². The number of urea groups is 1. The number of nitrogens with zero attached hydrogens (tertiary/aromatic N) is 3. The molecule has 2 atom stereocenters. The molecule has 2 aromatic rings. The largest absolute Gasteiger partial charge is 0.497 e. The summed E-state index contributed by atoms with van der Waals surface area (Å²) in [5.74, 6) is 1.24. The number of hydrogen-bond donors (Lipinski definition) is 3. The minimum absolute atomic E-state index is 0.120. The molecule has 1 aliphatic heterocycles. The van der Waals surface area contributed by atoms with Gasteiger partial charge >= 0.3 is 6.03 Å². The molecule has 0 saturated carbocycles. The molecule has 1 fully saturated rings. The monoisotopic (exact) mass is 372 g/mol. The summed E-state index contributed by atoms with van der Waals surface area (Å²) in [7, 11) is 3.19. The second kappa shape index (κ2) is 8.07. The molecule has 0 bridgehead atoms. The molecule has 2 unspecified atom stereocenters. The zero-order valence-electron chi connectivity index (χ0n) is 15.7. The van der Waals surface area contributed by atoms with E-state index in [2.05, 4.69) is 25.8 Å². The van der Waals surface area contributed by atoms with E-state index in [4.69, 9.17) is 4.74 Å². The second-order valence-electron chi connectivity index (χ2n) is 6.52. The Kier molecular flexibility index (Phi) is 5.58. The summed E-state index contributed by atoms with van der Waals surface area (Å²) in [5.41, 5.74) is 0.936. The minimum atomic E-state index is -0.382. The van der Waals surface area contributed by atoms with Crippen LogP contribution in [0.25, 0.3) is 0 Å². The first kappa shape index (κ1) is 18.7. The van der Waals surface area contributed by atoms with E-state index < -0.39 is 0 Å². The van der Waals surface area contributed by atoms with Crippen molar-refractivity contribution in [2.75, 3.05) is 27.2 Å². The van der Waals surface area contributed by atoms with Gasteiger partial charge in [0.25, 0.3) is 0 Å². The summed E-state index contributed by atoms with van der Waals surface area (Å²) in [4.78, 5) is 30.9. The highest BCUT2D eigenvalue weighted by Crippen LogP contribution is 2.31. The third-order valence-electron chi connectivity index (χ3n) is 4.71. The first-order valence-corrected chi connectivity index (χ1v) is 8.78. The quantitative estimate of drug-likeness (QED) is 0.718. The van der Waals surface area contributed by atoms with E-state index in [1.807, 2.05) is 24.3 Å². The zero-order valence-corrected chi connectivity index (χ0v) is 15.7. The maximum atomic E-state index is 12.6. The normalized spacial score (nSPS) is 19.0. The van der Waals surface area contributed by atoms with Crippen molar-refractivity contribution in [3.05, 3.63) is 41.5 Å². The minimum Gasteiger partial charge on any atom is -0.497 e. The van der Waals surface area contributed by atoms with Crippen LogP contribution in [-0.4, -0.2) is 59.3 Å². The van der Waals surface area contributed by atoms with E-state index in [-0.39, 0.29) is 23.8 Å². The van der Waals surface area contributed by atoms with Crippen LogP contribution < -0.4 is 15.4 Å². The van der Waals surface area contributed by atoms with E-state index in [9.17, 15) is 9.59 Å². The van der Waals surface area contributed by atoms with Crippen LogP contribution in [0.3, 0.4) is 0 Å². The molecule has 3 amide bonds. The molecule has 27 heavy (non-hydrogen) atoms. The Balaban J connectivity index is 1.67. The van der Waals surface area contributed by atoms with Crippen molar-refractivity contribution in [2.45, 2.75) is 19.4 Å². The van der Waals surface area contributed by atoms with Crippen LogP contribution in [0.5, 0.6) is 5.75 Å². The third kappa shape index (κ3) is 4.18. The molecular weight excluding hydrogens is 348 g/mol. The van der Waals surface area contributed by atoms with Crippen LogP contribution in [0.15, 0.2) is 24.3 Å². The van der Waals surface area contributed by atoms with Gasteiger partial charge in [-0.3, -0.25) is 9.89 Å². The second-order valence-corrected chi connectivity index (χ2v) is 6.52. The summed E-state index contributed by atoms with van der Waals surface area (Å²) in [6.45, 7) is 2.89. The molecule has 2 heterocycles. The fourth-order valence-electron chi connectivity index (χ4n) is 3.28. The fraction of sp³-hybridized carbons (Fsp3) is 0.444. The van der Waals surface area contributed by atoms with Gasteiger partial charge in [0.2, 0.25) is 5.91 Å². The molecule has 3 rings (SSSR count). The Morgan fingerprint density at radius 2 is 2.19 bits per heavy atom. The number of amides is 3. The molecule has 9 nitrogen and oxygen atoms in total. The van der Waals surface area contributed by atoms with Crippen LogP contribution in [-0.2, 0) is 11.3 Å². The van der Waals surface area contributed by atoms with E-state index in [0.717, 1.165) is 11.3 Å². The Hall–Kier alpha value is -3.10. The zero-order chi connectivity index (χ0) is 19.4. The van der Waals surface area contributed by atoms with Gasteiger partial charge < -0.3 is 20.3 Å². The molecule has 144 valence electrons. The Labute approximate surface area is 157 Å². The highest BCUT2D eigenvalue weighted by atomic mass is 16.5. The molecule has 9 heteroatoms. The van der Waals surface area contributed by atoms with Gasteiger partial charge in [-0.1, -0.05) is 12.1 Å². The van der Waals surface area contributed by atoms with Crippen molar-refractivity contribution in [1.82, 2.24) is 30.7 Å². The van der Waals surface area contributed by atoms with Gasteiger partial charge in [0.15, 0.2) is 5.82 Å². The number of aryl methyl sites for hydroxylation is 1. The lowest BCUT2D eigenvalue weighted by Gasteiger charge is -2.17. The predicted molar refractivity (Wildman–Crippen MR) is 98.2 cm³/mol. The van der Waals surface area contributed by atoms with Crippen molar-refractivity contribution < 1.29 is 14.3 Å². The first-order chi connectivity index (χ1) is 13.0. The van der Waals surface area contributed by atoms with E-state index in [1.165, 1.54) is 0 Å².